The maximum atomic E-state index is 4.58. The first-order valence-corrected chi connectivity index (χ1v) is 7.78. The van der Waals surface area contributed by atoms with Crippen LogP contribution in [0.15, 0.2) is 4.47 Å². The molecule has 1 aliphatic rings. The number of aryl methyl sites for hydroxylation is 2. The van der Waals surface area contributed by atoms with Crippen molar-refractivity contribution in [1.29, 1.82) is 0 Å². The first-order valence-electron chi connectivity index (χ1n) is 6.98. The molecule has 1 aromatic rings. The van der Waals surface area contributed by atoms with Crippen molar-refractivity contribution >= 4 is 15.9 Å². The van der Waals surface area contributed by atoms with Crippen LogP contribution in [0.5, 0.6) is 0 Å². The molecule has 18 heavy (non-hydrogen) atoms. The van der Waals surface area contributed by atoms with Crippen LogP contribution >= 0.6 is 15.9 Å². The summed E-state index contributed by atoms with van der Waals surface area (Å²) < 4.78 is 3.25. The highest BCUT2D eigenvalue weighted by Gasteiger charge is 2.28. The Kier molecular flexibility index (Phi) is 4.49. The summed E-state index contributed by atoms with van der Waals surface area (Å²) in [6, 6.07) is 0.733. The normalized spacial score (nSPS) is 21.1. The molecule has 102 valence electrons. The fourth-order valence-corrected chi connectivity index (χ4v) is 3.73. The summed E-state index contributed by atoms with van der Waals surface area (Å²) in [4.78, 5) is 2.62. The summed E-state index contributed by atoms with van der Waals surface area (Å²) in [5.74, 6) is 0.741. The zero-order valence-corrected chi connectivity index (χ0v) is 13.5. The molecule has 1 aromatic heterocycles. The largest absolute Gasteiger partial charge is 0.294 e. The van der Waals surface area contributed by atoms with Crippen LogP contribution in [0.3, 0.4) is 0 Å². The first-order chi connectivity index (χ1) is 8.54. The average Bonchev–Trinajstić information content (AvgIpc) is 2.88. The number of rotatable bonds is 4. The number of hydrogen-bond donors (Lipinski definition) is 0. The van der Waals surface area contributed by atoms with Gasteiger partial charge in [0.2, 0.25) is 0 Å². The van der Waals surface area contributed by atoms with Gasteiger partial charge in [0.05, 0.1) is 15.9 Å². The van der Waals surface area contributed by atoms with Crippen LogP contribution in [0, 0.1) is 5.92 Å². The van der Waals surface area contributed by atoms with Crippen LogP contribution in [-0.2, 0) is 20.0 Å². The predicted octanol–water partition coefficient (Wildman–Crippen LogP) is 3.37. The summed E-state index contributed by atoms with van der Waals surface area (Å²) in [5.41, 5.74) is 2.49. The average molecular weight is 314 g/mol. The Morgan fingerprint density at radius 1 is 1.44 bits per heavy atom. The highest BCUT2D eigenvalue weighted by Crippen LogP contribution is 2.29. The molecular formula is C14H24BrN3. The van der Waals surface area contributed by atoms with Crippen molar-refractivity contribution in [3.63, 3.8) is 0 Å². The lowest BCUT2D eigenvalue weighted by Gasteiger charge is -2.27. The van der Waals surface area contributed by atoms with Crippen LogP contribution in [-0.4, -0.2) is 27.3 Å². The number of hydrogen-bond acceptors (Lipinski definition) is 2. The van der Waals surface area contributed by atoms with Crippen molar-refractivity contribution in [2.75, 3.05) is 6.54 Å². The Morgan fingerprint density at radius 2 is 2.17 bits per heavy atom. The Hall–Kier alpha value is -0.350. The van der Waals surface area contributed by atoms with Gasteiger partial charge in [0.25, 0.3) is 0 Å². The lowest BCUT2D eigenvalue weighted by Crippen LogP contribution is -2.33. The molecule has 1 saturated heterocycles. The van der Waals surface area contributed by atoms with E-state index in [2.05, 4.69) is 53.7 Å². The van der Waals surface area contributed by atoms with E-state index in [1.807, 2.05) is 4.68 Å². The van der Waals surface area contributed by atoms with Crippen LogP contribution in [0.25, 0.3) is 0 Å². The van der Waals surface area contributed by atoms with Crippen LogP contribution in [0.4, 0.5) is 0 Å². The topological polar surface area (TPSA) is 21.1 Å². The zero-order chi connectivity index (χ0) is 13.3. The van der Waals surface area contributed by atoms with Crippen LogP contribution in [0.2, 0.25) is 0 Å². The first kappa shape index (κ1) is 14.1. The van der Waals surface area contributed by atoms with Gasteiger partial charge in [-0.05, 0) is 47.7 Å². The maximum absolute atomic E-state index is 4.58. The monoisotopic (exact) mass is 313 g/mol. The number of halogens is 1. The van der Waals surface area contributed by atoms with Crippen molar-refractivity contribution in [1.82, 2.24) is 14.7 Å². The molecule has 3 nitrogen and oxygen atoms in total. The fraction of sp³-hybridized carbons (Fsp3) is 0.786. The molecule has 0 aromatic carbocycles. The summed E-state index contributed by atoms with van der Waals surface area (Å²) in [6.07, 6.45) is 3.66. The number of nitrogens with zero attached hydrogens (tertiary/aromatic N) is 3. The van der Waals surface area contributed by atoms with Gasteiger partial charge in [-0.3, -0.25) is 9.58 Å². The Balaban J connectivity index is 2.16. The van der Waals surface area contributed by atoms with Crippen molar-refractivity contribution in [3.8, 4) is 0 Å². The van der Waals surface area contributed by atoms with E-state index >= 15 is 0 Å². The van der Waals surface area contributed by atoms with Crippen molar-refractivity contribution in [3.05, 3.63) is 15.9 Å². The van der Waals surface area contributed by atoms with E-state index in [9.17, 15) is 0 Å². The van der Waals surface area contributed by atoms with Gasteiger partial charge in [-0.2, -0.15) is 5.10 Å². The van der Waals surface area contributed by atoms with E-state index in [1.54, 1.807) is 0 Å². The van der Waals surface area contributed by atoms with Gasteiger partial charge < -0.3 is 0 Å². The fourth-order valence-electron chi connectivity index (χ4n) is 2.99. The Bertz CT molecular complexity index is 411. The molecule has 1 unspecified atom stereocenters. The molecular weight excluding hydrogens is 290 g/mol. The third-order valence-electron chi connectivity index (χ3n) is 4.04. The highest BCUT2D eigenvalue weighted by atomic mass is 79.9. The van der Waals surface area contributed by atoms with E-state index in [0.717, 1.165) is 24.9 Å². The molecule has 0 amide bonds. The van der Waals surface area contributed by atoms with Gasteiger partial charge in [-0.25, -0.2) is 0 Å². The van der Waals surface area contributed by atoms with Crippen LogP contribution < -0.4 is 0 Å². The Morgan fingerprint density at radius 3 is 2.72 bits per heavy atom. The SMILES string of the molecule is CCc1nn(C)c(CN2CCCC2C(C)C)c1Br. The molecule has 0 spiro atoms. The molecule has 0 radical (unpaired) electrons. The molecule has 1 fully saturated rings. The van der Waals surface area contributed by atoms with Gasteiger partial charge in [0.15, 0.2) is 0 Å². The van der Waals surface area contributed by atoms with Crippen molar-refractivity contribution < 1.29 is 0 Å². The minimum atomic E-state index is 0.733. The lowest BCUT2D eigenvalue weighted by atomic mass is 10.0. The lowest BCUT2D eigenvalue weighted by molar-refractivity contribution is 0.194. The van der Waals surface area contributed by atoms with Crippen molar-refractivity contribution in [2.45, 2.75) is 52.6 Å². The third-order valence-corrected chi connectivity index (χ3v) is 4.95. The van der Waals surface area contributed by atoms with Gasteiger partial charge in [-0.15, -0.1) is 0 Å². The Labute approximate surface area is 119 Å². The minimum Gasteiger partial charge on any atom is -0.294 e. The number of aromatic nitrogens is 2. The second-order valence-electron chi connectivity index (χ2n) is 5.61. The quantitative estimate of drug-likeness (QED) is 0.850. The second kappa shape index (κ2) is 5.74. The predicted molar refractivity (Wildman–Crippen MR) is 78.6 cm³/mol. The van der Waals surface area contributed by atoms with Crippen molar-refractivity contribution in [2.24, 2.45) is 13.0 Å². The summed E-state index contributed by atoms with van der Waals surface area (Å²) in [5, 5.41) is 4.58. The molecule has 0 N–H and O–H groups in total. The molecule has 0 aliphatic carbocycles. The van der Waals surface area contributed by atoms with Gasteiger partial charge >= 0.3 is 0 Å². The minimum absolute atomic E-state index is 0.733. The smallest absolute Gasteiger partial charge is 0.0767 e. The standard InChI is InChI=1S/C14H24BrN3/c1-5-11-14(15)13(17(4)16-11)9-18-8-6-7-12(18)10(2)3/h10,12H,5-9H2,1-4H3. The van der Waals surface area contributed by atoms with E-state index in [-0.39, 0.29) is 0 Å². The number of likely N-dealkylation sites (tertiary alicyclic amines) is 1. The van der Waals surface area contributed by atoms with Gasteiger partial charge in [0.1, 0.15) is 0 Å². The summed E-state index contributed by atoms with van der Waals surface area (Å²) in [6.45, 7) is 9.07. The zero-order valence-electron chi connectivity index (χ0n) is 11.9. The molecule has 4 heteroatoms. The third kappa shape index (κ3) is 2.64. The second-order valence-corrected chi connectivity index (χ2v) is 6.40. The summed E-state index contributed by atoms with van der Waals surface area (Å²) >= 11 is 3.72. The van der Waals surface area contributed by atoms with Gasteiger partial charge in [0, 0.05) is 19.6 Å². The molecule has 2 rings (SSSR count). The molecule has 1 atom stereocenters. The highest BCUT2D eigenvalue weighted by molar-refractivity contribution is 9.10. The maximum Gasteiger partial charge on any atom is 0.0767 e. The molecule has 0 bridgehead atoms. The van der Waals surface area contributed by atoms with E-state index in [1.165, 1.54) is 35.2 Å². The summed E-state index contributed by atoms with van der Waals surface area (Å²) in [7, 11) is 2.06. The molecule has 0 saturated carbocycles. The van der Waals surface area contributed by atoms with E-state index in [4.69, 9.17) is 0 Å². The van der Waals surface area contributed by atoms with E-state index in [0.29, 0.717) is 0 Å². The molecule has 1 aliphatic heterocycles. The van der Waals surface area contributed by atoms with Crippen LogP contribution in [0.1, 0.15) is 45.0 Å². The van der Waals surface area contributed by atoms with Gasteiger partial charge in [-0.1, -0.05) is 20.8 Å². The van der Waals surface area contributed by atoms with E-state index < -0.39 is 0 Å². The molecule has 2 heterocycles.